The van der Waals surface area contributed by atoms with E-state index in [0.29, 0.717) is 12.8 Å². The number of hydrogen-bond donors (Lipinski definition) is 2. The minimum atomic E-state index is -4.40. The van der Waals surface area contributed by atoms with E-state index >= 15 is 0 Å². The van der Waals surface area contributed by atoms with Crippen LogP contribution in [0.15, 0.2) is 122 Å². The Bertz CT molecular complexity index is 1770. The van der Waals surface area contributed by atoms with Crippen LogP contribution < -0.4 is 5.73 Å². The van der Waals surface area contributed by atoms with Gasteiger partial charge in [-0.3, -0.25) is 18.6 Å². The van der Waals surface area contributed by atoms with Gasteiger partial charge in [0.05, 0.1) is 13.2 Å². The summed E-state index contributed by atoms with van der Waals surface area (Å²) in [6.45, 7) is 3.51. The van der Waals surface area contributed by atoms with Gasteiger partial charge in [-0.2, -0.15) is 0 Å². The summed E-state index contributed by atoms with van der Waals surface area (Å²) < 4.78 is 33.1. The lowest BCUT2D eigenvalue weighted by Crippen LogP contribution is -2.29. The van der Waals surface area contributed by atoms with Gasteiger partial charge in [0.1, 0.15) is 6.61 Å². The van der Waals surface area contributed by atoms with Crippen molar-refractivity contribution in [2.45, 2.75) is 302 Å². The summed E-state index contributed by atoms with van der Waals surface area (Å²) in [6.07, 6.45) is 94.4. The molecule has 3 N–H and O–H groups in total. The van der Waals surface area contributed by atoms with Crippen LogP contribution in [0, 0.1) is 0 Å². The van der Waals surface area contributed by atoms with Crippen LogP contribution in [0.3, 0.4) is 0 Å². The fraction of sp³-hybridized carbons (Fsp3) is 0.699. The van der Waals surface area contributed by atoms with Crippen molar-refractivity contribution in [2.75, 3.05) is 26.4 Å². The van der Waals surface area contributed by atoms with Crippen LogP contribution in [0.25, 0.3) is 0 Å². The molecule has 0 amide bonds. The highest BCUT2D eigenvalue weighted by atomic mass is 31.2. The number of allylic oxidation sites excluding steroid dienone is 20. The molecule has 0 aliphatic carbocycles. The number of hydrogen-bond acceptors (Lipinski definition) is 8. The normalized spacial score (nSPS) is 13.7. The lowest BCUT2D eigenvalue weighted by Gasteiger charge is -2.19. The minimum Gasteiger partial charge on any atom is -0.462 e. The van der Waals surface area contributed by atoms with Crippen LogP contribution in [0.4, 0.5) is 0 Å². The zero-order chi connectivity index (χ0) is 60.1. The second kappa shape index (κ2) is 67.5. The monoisotopic (exact) mass is 1180 g/mol. The molecular weight excluding hydrogens is 1050 g/mol. The van der Waals surface area contributed by atoms with Gasteiger partial charge in [-0.05, 0) is 103 Å². The van der Waals surface area contributed by atoms with E-state index in [1.165, 1.54) is 141 Å². The maximum absolute atomic E-state index is 12.8. The molecule has 0 saturated heterocycles. The number of phosphoric ester groups is 1. The molecule has 0 bridgehead atoms. The Kier molecular flexibility index (Phi) is 64.6. The number of esters is 2. The summed E-state index contributed by atoms with van der Waals surface area (Å²) in [4.78, 5) is 35.3. The highest BCUT2D eigenvalue weighted by Crippen LogP contribution is 2.43. The van der Waals surface area contributed by atoms with Crippen LogP contribution >= 0.6 is 7.82 Å². The third-order valence-corrected chi connectivity index (χ3v) is 15.3. The first-order valence-electron chi connectivity index (χ1n) is 34.0. The highest BCUT2D eigenvalue weighted by molar-refractivity contribution is 7.47. The summed E-state index contributed by atoms with van der Waals surface area (Å²) in [5, 5.41) is 0. The molecule has 0 saturated carbocycles. The molecule has 0 spiro atoms. The van der Waals surface area contributed by atoms with Crippen molar-refractivity contribution in [1.82, 2.24) is 0 Å². The molecule has 0 aliphatic rings. The van der Waals surface area contributed by atoms with Crippen LogP contribution in [-0.4, -0.2) is 49.3 Å². The van der Waals surface area contributed by atoms with Crippen LogP contribution in [0.2, 0.25) is 0 Å². The third-order valence-electron chi connectivity index (χ3n) is 14.3. The number of phosphoric acid groups is 1. The van der Waals surface area contributed by atoms with E-state index in [4.69, 9.17) is 24.3 Å². The number of unbranched alkanes of at least 4 members (excludes halogenated alkanes) is 30. The Balaban J connectivity index is 3.83. The zero-order valence-electron chi connectivity index (χ0n) is 53.4. The van der Waals surface area contributed by atoms with Gasteiger partial charge in [-0.25, -0.2) is 4.57 Å². The van der Waals surface area contributed by atoms with Crippen LogP contribution in [-0.2, 0) is 32.7 Å². The topological polar surface area (TPSA) is 134 Å². The maximum atomic E-state index is 12.8. The SMILES string of the molecule is CC/C=C\C/C=C\C/C=C\C/C=C\C/C=C\CCCCCCCCCCCCCCCCCCCCCCCCCCCC(=O)OC(COC(=O)CCCCCCC/C=C\C/C=C\C/C=C\C/C=C\C/C=C\CC)COP(=O)(O)OCCN. The molecule has 0 aromatic carbocycles. The minimum absolute atomic E-state index is 0.0469. The van der Waals surface area contributed by atoms with E-state index in [1.54, 1.807) is 0 Å². The van der Waals surface area contributed by atoms with E-state index in [0.717, 1.165) is 116 Å². The van der Waals surface area contributed by atoms with E-state index in [1.807, 2.05) is 0 Å². The first kappa shape index (κ1) is 79.4. The number of rotatable bonds is 63. The van der Waals surface area contributed by atoms with Gasteiger partial charge in [-0.1, -0.05) is 302 Å². The van der Waals surface area contributed by atoms with Gasteiger partial charge in [0, 0.05) is 19.4 Å². The number of carbonyl (C=O) groups excluding carboxylic acids is 2. The molecule has 10 heteroatoms. The fourth-order valence-corrected chi connectivity index (χ4v) is 10.2. The smallest absolute Gasteiger partial charge is 0.462 e. The Labute approximate surface area is 511 Å². The van der Waals surface area contributed by atoms with E-state index in [-0.39, 0.29) is 32.6 Å². The van der Waals surface area contributed by atoms with Crippen molar-refractivity contribution in [3.63, 3.8) is 0 Å². The summed E-state index contributed by atoms with van der Waals surface area (Å²) in [5.41, 5.74) is 5.39. The van der Waals surface area contributed by atoms with E-state index in [9.17, 15) is 19.0 Å². The predicted octanol–water partition coefficient (Wildman–Crippen LogP) is 22.3. The van der Waals surface area contributed by atoms with Gasteiger partial charge < -0.3 is 20.1 Å². The quantitative estimate of drug-likeness (QED) is 0.0264. The standard InChI is InChI=1S/C73H126NO8P/c1-3-5-7-9-11-13-15-17-19-21-23-25-26-27-28-29-30-31-32-33-34-35-36-37-38-39-40-41-42-43-44-46-48-50-52-54-56-58-60-62-64-66-73(76)82-71(70-81-83(77,78)80-68-67-74)69-79-72(75)65-63-61-59-57-55-53-51-49-47-45-24-22-20-18-16-14-12-10-8-6-4-2/h5-8,11-14,17-20,23-25,27-28,45,49,51,71H,3-4,9-10,15-16,21-22,26,29-44,46-48,50,52-70,74H2,1-2H3,(H,77,78)/b7-5-,8-6-,13-11-,14-12-,19-17-,20-18-,25-23-,28-27-,45-24-,51-49-. The lowest BCUT2D eigenvalue weighted by atomic mass is 10.0. The molecule has 0 fully saturated rings. The summed E-state index contributed by atoms with van der Waals surface area (Å²) in [7, 11) is -4.40. The average molecular weight is 1180 g/mol. The van der Waals surface area contributed by atoms with Gasteiger partial charge in [-0.15, -0.1) is 0 Å². The Morgan fingerprint density at radius 1 is 0.361 bits per heavy atom. The van der Waals surface area contributed by atoms with Crippen molar-refractivity contribution in [3.05, 3.63) is 122 Å². The highest BCUT2D eigenvalue weighted by Gasteiger charge is 2.26. The van der Waals surface area contributed by atoms with Gasteiger partial charge in [0.15, 0.2) is 6.10 Å². The molecule has 0 aliphatic heterocycles. The Morgan fingerprint density at radius 3 is 0.928 bits per heavy atom. The van der Waals surface area contributed by atoms with Crippen molar-refractivity contribution in [2.24, 2.45) is 5.73 Å². The van der Waals surface area contributed by atoms with E-state index < -0.39 is 32.5 Å². The average Bonchev–Trinajstić information content (AvgIpc) is 3.49. The van der Waals surface area contributed by atoms with Crippen LogP contribution in [0.1, 0.15) is 296 Å². The van der Waals surface area contributed by atoms with Gasteiger partial charge in [0.2, 0.25) is 0 Å². The Morgan fingerprint density at radius 2 is 0.627 bits per heavy atom. The fourth-order valence-electron chi connectivity index (χ4n) is 9.40. The van der Waals surface area contributed by atoms with Crippen LogP contribution in [0.5, 0.6) is 0 Å². The summed E-state index contributed by atoms with van der Waals surface area (Å²) in [6, 6.07) is 0. The predicted molar refractivity (Wildman–Crippen MR) is 358 cm³/mol. The Hall–Kier alpha value is -3.59. The summed E-state index contributed by atoms with van der Waals surface area (Å²) >= 11 is 0. The molecule has 0 heterocycles. The third kappa shape index (κ3) is 67.4. The van der Waals surface area contributed by atoms with E-state index in [2.05, 4.69) is 135 Å². The molecule has 0 rings (SSSR count). The molecule has 2 unspecified atom stereocenters. The van der Waals surface area contributed by atoms with Crippen molar-refractivity contribution in [1.29, 1.82) is 0 Å². The van der Waals surface area contributed by atoms with Crippen molar-refractivity contribution >= 4 is 19.8 Å². The molecule has 0 aromatic heterocycles. The number of carbonyl (C=O) groups is 2. The molecule has 0 aromatic rings. The molecule has 2 atom stereocenters. The second-order valence-electron chi connectivity index (χ2n) is 22.3. The second-order valence-corrected chi connectivity index (χ2v) is 23.7. The number of ether oxygens (including phenoxy) is 2. The van der Waals surface area contributed by atoms with Crippen molar-refractivity contribution in [3.8, 4) is 0 Å². The molecule has 476 valence electrons. The van der Waals surface area contributed by atoms with Gasteiger partial charge in [0.25, 0.3) is 0 Å². The molecule has 0 radical (unpaired) electrons. The maximum Gasteiger partial charge on any atom is 0.472 e. The zero-order valence-corrected chi connectivity index (χ0v) is 54.3. The molecular formula is C73H126NO8P. The van der Waals surface area contributed by atoms with Gasteiger partial charge >= 0.3 is 19.8 Å². The molecule has 9 nitrogen and oxygen atoms in total. The van der Waals surface area contributed by atoms with Crippen molar-refractivity contribution < 1.29 is 37.6 Å². The lowest BCUT2D eigenvalue weighted by molar-refractivity contribution is -0.161. The largest absolute Gasteiger partial charge is 0.472 e. The first-order valence-corrected chi connectivity index (χ1v) is 35.5. The first-order chi connectivity index (χ1) is 40.8. The number of nitrogens with two attached hydrogens (primary N) is 1. The molecule has 83 heavy (non-hydrogen) atoms. The summed E-state index contributed by atoms with van der Waals surface area (Å²) in [5.74, 6) is -0.845.